The number of hydrogen-bond acceptors (Lipinski definition) is 4. The highest BCUT2D eigenvalue weighted by Crippen LogP contribution is 2.57. The van der Waals surface area contributed by atoms with Crippen LogP contribution < -0.4 is 4.74 Å². The predicted molar refractivity (Wildman–Crippen MR) is 78.1 cm³/mol. The van der Waals surface area contributed by atoms with Crippen molar-refractivity contribution >= 4 is 15.9 Å². The van der Waals surface area contributed by atoms with Gasteiger partial charge in [0, 0.05) is 24.3 Å². The van der Waals surface area contributed by atoms with Crippen molar-refractivity contribution in [1.29, 1.82) is 0 Å². The first-order valence-electron chi connectivity index (χ1n) is 6.74. The zero-order valence-electron chi connectivity index (χ0n) is 12.1. The van der Waals surface area contributed by atoms with Crippen molar-refractivity contribution in [2.75, 3.05) is 14.2 Å². The van der Waals surface area contributed by atoms with Crippen molar-refractivity contribution in [2.24, 2.45) is 0 Å². The minimum atomic E-state index is -0.616. The lowest BCUT2D eigenvalue weighted by atomic mass is 9.82. The number of epoxide rings is 1. The van der Waals surface area contributed by atoms with E-state index < -0.39 is 5.60 Å². The average molecular weight is 343 g/mol. The van der Waals surface area contributed by atoms with E-state index in [0.717, 1.165) is 15.8 Å². The van der Waals surface area contributed by atoms with Gasteiger partial charge in [0.1, 0.15) is 18.0 Å². The molecule has 0 radical (unpaired) electrons. The third-order valence-electron chi connectivity index (χ3n) is 4.48. The van der Waals surface area contributed by atoms with Crippen LogP contribution >= 0.6 is 15.9 Å². The molecule has 110 valence electrons. The third kappa shape index (κ3) is 1.91. The summed E-state index contributed by atoms with van der Waals surface area (Å²) in [6.07, 6.45) is -0.242. The minimum Gasteiger partial charge on any atom is -0.479 e. The van der Waals surface area contributed by atoms with Crippen molar-refractivity contribution in [2.45, 2.75) is 43.9 Å². The molecule has 2 aliphatic rings. The number of benzene rings is 1. The second-order valence-corrected chi connectivity index (χ2v) is 6.29. The Kier molecular flexibility index (Phi) is 3.57. The molecule has 1 aromatic rings. The minimum absolute atomic E-state index is 0.0331. The number of rotatable bonds is 4. The van der Waals surface area contributed by atoms with Crippen LogP contribution in [0.3, 0.4) is 0 Å². The standard InChI is InChI=1S/C15H19BrO4/c1-8(17-3)15(9(2)18-4)14-13(19-14)11-7-10(16)5-6-12(11)20-15/h5-9,13-14H,1-4H3/t8?,9?,13-,14-,15?/m0/s1. The summed E-state index contributed by atoms with van der Waals surface area (Å²) in [5.74, 6) is 0.847. The second kappa shape index (κ2) is 4.98. The molecular weight excluding hydrogens is 324 g/mol. The zero-order valence-corrected chi connectivity index (χ0v) is 13.6. The summed E-state index contributed by atoms with van der Waals surface area (Å²) in [4.78, 5) is 0. The van der Waals surface area contributed by atoms with Crippen LogP contribution in [0.15, 0.2) is 22.7 Å². The van der Waals surface area contributed by atoms with Gasteiger partial charge in [-0.1, -0.05) is 15.9 Å². The Morgan fingerprint density at radius 2 is 1.85 bits per heavy atom. The van der Waals surface area contributed by atoms with E-state index in [4.69, 9.17) is 18.9 Å². The average Bonchev–Trinajstić information content (AvgIpc) is 3.26. The molecule has 0 aliphatic carbocycles. The maximum atomic E-state index is 6.34. The molecule has 2 heterocycles. The van der Waals surface area contributed by atoms with Gasteiger partial charge in [0.15, 0.2) is 5.60 Å². The maximum absolute atomic E-state index is 6.34. The molecule has 4 nitrogen and oxygen atoms in total. The summed E-state index contributed by atoms with van der Waals surface area (Å²) in [6, 6.07) is 6.00. The van der Waals surface area contributed by atoms with Crippen LogP contribution in [0.1, 0.15) is 25.5 Å². The SMILES string of the molecule is COC(C)C1(C(C)OC)Oc2ccc(Br)cc2[C@@H]2O[C@@H]21. The Morgan fingerprint density at radius 1 is 1.20 bits per heavy atom. The zero-order chi connectivity index (χ0) is 14.5. The first-order valence-corrected chi connectivity index (χ1v) is 7.53. The Labute approximate surface area is 127 Å². The highest BCUT2D eigenvalue weighted by Gasteiger charge is 2.66. The van der Waals surface area contributed by atoms with Crippen LogP contribution in [0.25, 0.3) is 0 Å². The summed E-state index contributed by atoms with van der Waals surface area (Å²) in [5.41, 5.74) is 0.473. The first-order chi connectivity index (χ1) is 9.54. The fourth-order valence-corrected chi connectivity index (χ4v) is 3.48. The van der Waals surface area contributed by atoms with E-state index in [2.05, 4.69) is 22.0 Å². The highest BCUT2D eigenvalue weighted by atomic mass is 79.9. The fraction of sp³-hybridized carbons (Fsp3) is 0.600. The lowest BCUT2D eigenvalue weighted by Crippen LogP contribution is -2.61. The normalized spacial score (nSPS) is 33.6. The van der Waals surface area contributed by atoms with Crippen LogP contribution in [-0.2, 0) is 14.2 Å². The molecule has 1 fully saturated rings. The summed E-state index contributed by atoms with van der Waals surface area (Å²) >= 11 is 3.49. The van der Waals surface area contributed by atoms with Crippen LogP contribution in [-0.4, -0.2) is 38.1 Å². The lowest BCUT2D eigenvalue weighted by Gasteiger charge is -2.43. The Morgan fingerprint density at radius 3 is 2.45 bits per heavy atom. The molecule has 0 bridgehead atoms. The largest absolute Gasteiger partial charge is 0.479 e. The van der Waals surface area contributed by atoms with Gasteiger partial charge in [-0.25, -0.2) is 0 Å². The van der Waals surface area contributed by atoms with E-state index in [1.165, 1.54) is 0 Å². The quantitative estimate of drug-likeness (QED) is 0.788. The number of methoxy groups -OCH3 is 2. The summed E-state index contributed by atoms with van der Waals surface area (Å²) < 4.78 is 24.4. The molecule has 1 saturated heterocycles. The number of fused-ring (bicyclic) bond motifs is 3. The predicted octanol–water partition coefficient (Wildman–Crippen LogP) is 3.09. The van der Waals surface area contributed by atoms with Gasteiger partial charge in [-0.2, -0.15) is 0 Å². The molecule has 0 aromatic heterocycles. The maximum Gasteiger partial charge on any atom is 0.189 e. The van der Waals surface area contributed by atoms with E-state index >= 15 is 0 Å². The van der Waals surface area contributed by atoms with Gasteiger partial charge in [0.2, 0.25) is 0 Å². The number of ether oxygens (including phenoxy) is 4. The van der Waals surface area contributed by atoms with Crippen molar-refractivity contribution in [3.05, 3.63) is 28.2 Å². The van der Waals surface area contributed by atoms with Gasteiger partial charge in [-0.05, 0) is 32.0 Å². The van der Waals surface area contributed by atoms with Crippen molar-refractivity contribution in [3.8, 4) is 5.75 Å². The number of halogens is 1. The molecule has 0 saturated carbocycles. The van der Waals surface area contributed by atoms with Crippen LogP contribution in [0.5, 0.6) is 5.75 Å². The molecule has 0 spiro atoms. The monoisotopic (exact) mass is 342 g/mol. The Hall–Kier alpha value is -0.620. The molecule has 1 aromatic carbocycles. The van der Waals surface area contributed by atoms with Gasteiger partial charge >= 0.3 is 0 Å². The molecule has 2 aliphatic heterocycles. The molecule has 0 N–H and O–H groups in total. The molecule has 0 amide bonds. The topological polar surface area (TPSA) is 40.2 Å². The van der Waals surface area contributed by atoms with Crippen molar-refractivity contribution < 1.29 is 18.9 Å². The van der Waals surface area contributed by atoms with Gasteiger partial charge < -0.3 is 18.9 Å². The lowest BCUT2D eigenvalue weighted by molar-refractivity contribution is -0.151. The molecule has 2 unspecified atom stereocenters. The van der Waals surface area contributed by atoms with Crippen molar-refractivity contribution in [1.82, 2.24) is 0 Å². The van der Waals surface area contributed by atoms with Gasteiger partial charge in [-0.3, -0.25) is 0 Å². The van der Waals surface area contributed by atoms with E-state index in [9.17, 15) is 0 Å². The molecule has 20 heavy (non-hydrogen) atoms. The Bertz CT molecular complexity index is 509. The molecule has 5 heteroatoms. The van der Waals surface area contributed by atoms with Gasteiger partial charge in [0.05, 0.1) is 12.2 Å². The first kappa shape index (κ1) is 14.3. The fourth-order valence-electron chi connectivity index (χ4n) is 3.10. The van der Waals surface area contributed by atoms with Crippen LogP contribution in [0.4, 0.5) is 0 Å². The van der Waals surface area contributed by atoms with Crippen LogP contribution in [0, 0.1) is 0 Å². The van der Waals surface area contributed by atoms with Gasteiger partial charge in [0.25, 0.3) is 0 Å². The Balaban J connectivity index is 2.05. The summed E-state index contributed by atoms with van der Waals surface area (Å²) in [6.45, 7) is 4.00. The summed E-state index contributed by atoms with van der Waals surface area (Å²) in [7, 11) is 3.37. The van der Waals surface area contributed by atoms with Gasteiger partial charge in [-0.15, -0.1) is 0 Å². The second-order valence-electron chi connectivity index (χ2n) is 5.37. The smallest absolute Gasteiger partial charge is 0.189 e. The highest BCUT2D eigenvalue weighted by molar-refractivity contribution is 9.10. The van der Waals surface area contributed by atoms with E-state index in [1.807, 2.05) is 26.0 Å². The van der Waals surface area contributed by atoms with Crippen molar-refractivity contribution in [3.63, 3.8) is 0 Å². The van der Waals surface area contributed by atoms with E-state index in [-0.39, 0.29) is 24.4 Å². The molecular formula is C15H19BrO4. The van der Waals surface area contributed by atoms with E-state index in [0.29, 0.717) is 0 Å². The van der Waals surface area contributed by atoms with E-state index in [1.54, 1.807) is 14.2 Å². The third-order valence-corrected chi connectivity index (χ3v) is 4.97. The molecule has 4 atom stereocenters. The van der Waals surface area contributed by atoms with Crippen LogP contribution in [0.2, 0.25) is 0 Å². The number of hydrogen-bond donors (Lipinski definition) is 0. The molecule has 3 rings (SSSR count). The summed E-state index contributed by atoms with van der Waals surface area (Å²) in [5, 5.41) is 0.